The largest absolute Gasteiger partial charge is 0.257 e. The number of allylic oxidation sites excluding steroid dienone is 6. The smallest absolute Gasteiger partial charge is 0.0552 e. The van der Waals surface area contributed by atoms with Gasteiger partial charge in [0.25, 0.3) is 0 Å². The summed E-state index contributed by atoms with van der Waals surface area (Å²) in [5.41, 5.74) is 3.99. The Morgan fingerprint density at radius 3 is 2.00 bits per heavy atom. The highest BCUT2D eigenvalue weighted by Crippen LogP contribution is 2.11. The first kappa shape index (κ1) is 19.7. The number of rotatable bonds is 6. The second kappa shape index (κ2) is 11.5. The summed E-state index contributed by atoms with van der Waals surface area (Å²) in [5.74, 6) is 0.571. The van der Waals surface area contributed by atoms with Gasteiger partial charge in [-0.05, 0) is 37.0 Å². The van der Waals surface area contributed by atoms with E-state index in [0.717, 1.165) is 11.1 Å². The number of aliphatic imine (C=N–C) groups is 1. The lowest BCUT2D eigenvalue weighted by Crippen LogP contribution is -1.89. The van der Waals surface area contributed by atoms with Crippen molar-refractivity contribution in [2.24, 2.45) is 10.9 Å². The molecule has 0 radical (unpaired) electrons. The monoisotopic (exact) mass is 259 g/mol. The molecular weight excluding hydrogens is 230 g/mol. The Kier molecular flexibility index (Phi) is 11.9. The van der Waals surface area contributed by atoms with E-state index in [9.17, 15) is 0 Å². The lowest BCUT2D eigenvalue weighted by molar-refractivity contribution is 0.769. The van der Waals surface area contributed by atoms with Crippen molar-refractivity contribution >= 4 is 6.21 Å². The maximum Gasteiger partial charge on any atom is 0.0552 e. The Hall–Kier alpha value is -1.63. The van der Waals surface area contributed by atoms with Gasteiger partial charge in [-0.3, -0.25) is 4.99 Å². The molecule has 1 nitrogen and oxygen atoms in total. The molecule has 0 heterocycles. The third-order valence-electron chi connectivity index (χ3n) is 2.64. The molecule has 0 spiro atoms. The van der Waals surface area contributed by atoms with E-state index in [1.807, 2.05) is 20.8 Å². The SMILES string of the molecule is C=CC(=C)N=CC(=C)/C(C)=C/C=C(\C)C(C)C.CC. The van der Waals surface area contributed by atoms with E-state index in [1.54, 1.807) is 12.3 Å². The first-order valence-corrected chi connectivity index (χ1v) is 6.78. The number of hydrogen-bond acceptors (Lipinski definition) is 1. The molecule has 0 saturated heterocycles. The van der Waals surface area contributed by atoms with Gasteiger partial charge in [-0.15, -0.1) is 0 Å². The molecule has 0 bridgehead atoms. The number of nitrogens with zero attached hydrogens (tertiary/aromatic N) is 1. The van der Waals surface area contributed by atoms with E-state index in [1.165, 1.54) is 5.57 Å². The van der Waals surface area contributed by atoms with Gasteiger partial charge >= 0.3 is 0 Å². The Morgan fingerprint density at radius 1 is 1.05 bits per heavy atom. The highest BCUT2D eigenvalue weighted by molar-refractivity contribution is 5.84. The molecule has 0 aliphatic heterocycles. The standard InChI is InChI=1S/C16H23N.C2H6/c1-8-16(7)17-11-15(6)14(5)10-9-13(4)12(2)3;1-2/h8-12H,1,6-7H2,2-5H3;1-2H3/b13-9+,14-10+,17-11?;. The van der Waals surface area contributed by atoms with Crippen molar-refractivity contribution in [1.29, 1.82) is 0 Å². The van der Waals surface area contributed by atoms with E-state index in [4.69, 9.17) is 0 Å². The van der Waals surface area contributed by atoms with Crippen LogP contribution in [0.2, 0.25) is 0 Å². The predicted molar refractivity (Wildman–Crippen MR) is 90.7 cm³/mol. The van der Waals surface area contributed by atoms with Crippen LogP contribution in [0.3, 0.4) is 0 Å². The molecule has 0 fully saturated rings. The van der Waals surface area contributed by atoms with Gasteiger partial charge in [0.15, 0.2) is 0 Å². The lowest BCUT2D eigenvalue weighted by atomic mass is 10.0. The summed E-state index contributed by atoms with van der Waals surface area (Å²) < 4.78 is 0. The van der Waals surface area contributed by atoms with Crippen LogP contribution in [-0.4, -0.2) is 6.21 Å². The van der Waals surface area contributed by atoms with Crippen LogP contribution in [0.15, 0.2) is 65.4 Å². The maximum absolute atomic E-state index is 4.13. The Bertz CT molecular complexity index is 390. The fourth-order valence-electron chi connectivity index (χ4n) is 0.871. The number of hydrogen-bond donors (Lipinski definition) is 0. The van der Waals surface area contributed by atoms with Gasteiger partial charge in [-0.2, -0.15) is 0 Å². The van der Waals surface area contributed by atoms with Crippen molar-refractivity contribution < 1.29 is 0 Å². The van der Waals surface area contributed by atoms with Crippen LogP contribution in [0, 0.1) is 5.92 Å². The summed E-state index contributed by atoms with van der Waals surface area (Å²) in [4.78, 5) is 4.13. The summed E-state index contributed by atoms with van der Waals surface area (Å²) in [5, 5.41) is 0. The second-order valence-corrected chi connectivity index (χ2v) is 4.39. The minimum Gasteiger partial charge on any atom is -0.257 e. The zero-order valence-electron chi connectivity index (χ0n) is 13.5. The molecule has 0 aromatic rings. The van der Waals surface area contributed by atoms with Gasteiger partial charge in [0.2, 0.25) is 0 Å². The molecule has 0 rings (SSSR count). The third kappa shape index (κ3) is 10.0. The van der Waals surface area contributed by atoms with E-state index in [2.05, 4.69) is 57.7 Å². The van der Waals surface area contributed by atoms with Crippen molar-refractivity contribution in [3.63, 3.8) is 0 Å². The van der Waals surface area contributed by atoms with Gasteiger partial charge in [-0.25, -0.2) is 0 Å². The Labute approximate surface area is 119 Å². The van der Waals surface area contributed by atoms with Crippen LogP contribution in [0.4, 0.5) is 0 Å². The second-order valence-electron chi connectivity index (χ2n) is 4.39. The average Bonchev–Trinajstić information content (AvgIpc) is 2.42. The van der Waals surface area contributed by atoms with Crippen LogP contribution < -0.4 is 0 Å². The third-order valence-corrected chi connectivity index (χ3v) is 2.64. The molecule has 0 unspecified atom stereocenters. The predicted octanol–water partition coefficient (Wildman–Crippen LogP) is 5.89. The van der Waals surface area contributed by atoms with E-state index < -0.39 is 0 Å². The van der Waals surface area contributed by atoms with Crippen molar-refractivity contribution in [2.75, 3.05) is 0 Å². The fourth-order valence-corrected chi connectivity index (χ4v) is 0.871. The molecule has 0 amide bonds. The Morgan fingerprint density at radius 2 is 1.58 bits per heavy atom. The summed E-state index contributed by atoms with van der Waals surface area (Å²) >= 11 is 0. The van der Waals surface area contributed by atoms with Gasteiger partial charge in [-0.1, -0.05) is 65.2 Å². The fraction of sp³-hybridized carbons (Fsp3) is 0.389. The van der Waals surface area contributed by atoms with Crippen LogP contribution >= 0.6 is 0 Å². The Balaban J connectivity index is 0. The molecule has 0 N–H and O–H groups in total. The molecule has 0 aromatic heterocycles. The van der Waals surface area contributed by atoms with E-state index in [0.29, 0.717) is 11.6 Å². The molecule has 0 aliphatic carbocycles. The van der Waals surface area contributed by atoms with Crippen molar-refractivity contribution in [3.05, 3.63) is 60.4 Å². The lowest BCUT2D eigenvalue weighted by Gasteiger charge is -2.03. The zero-order chi connectivity index (χ0) is 15.4. The summed E-state index contributed by atoms with van der Waals surface area (Å²) in [6.07, 6.45) is 7.53. The van der Waals surface area contributed by atoms with Crippen molar-refractivity contribution in [1.82, 2.24) is 0 Å². The minimum absolute atomic E-state index is 0.571. The van der Waals surface area contributed by atoms with Crippen molar-refractivity contribution in [2.45, 2.75) is 41.5 Å². The van der Waals surface area contributed by atoms with Crippen LogP contribution in [-0.2, 0) is 0 Å². The highest BCUT2D eigenvalue weighted by atomic mass is 14.7. The molecule has 106 valence electrons. The quantitative estimate of drug-likeness (QED) is 0.417. The molecular formula is C18H29N. The first-order valence-electron chi connectivity index (χ1n) is 6.78. The summed E-state index contributed by atoms with van der Waals surface area (Å²) in [6.45, 7) is 23.8. The van der Waals surface area contributed by atoms with Gasteiger partial charge in [0.05, 0.1) is 5.70 Å². The normalized spacial score (nSPS) is 12.2. The summed E-state index contributed by atoms with van der Waals surface area (Å²) in [6, 6.07) is 0. The highest BCUT2D eigenvalue weighted by Gasteiger charge is 1.95. The zero-order valence-corrected chi connectivity index (χ0v) is 13.5. The van der Waals surface area contributed by atoms with E-state index >= 15 is 0 Å². The van der Waals surface area contributed by atoms with Gasteiger partial charge < -0.3 is 0 Å². The molecule has 0 saturated carbocycles. The van der Waals surface area contributed by atoms with Crippen molar-refractivity contribution in [3.8, 4) is 0 Å². The minimum atomic E-state index is 0.571. The van der Waals surface area contributed by atoms with Gasteiger partial charge in [0.1, 0.15) is 0 Å². The first-order chi connectivity index (χ1) is 8.88. The molecule has 19 heavy (non-hydrogen) atoms. The molecule has 0 aromatic carbocycles. The molecule has 1 heteroatoms. The van der Waals surface area contributed by atoms with Crippen LogP contribution in [0.25, 0.3) is 0 Å². The van der Waals surface area contributed by atoms with Gasteiger partial charge in [0, 0.05) is 6.21 Å². The molecule has 0 atom stereocenters. The average molecular weight is 259 g/mol. The summed E-state index contributed by atoms with van der Waals surface area (Å²) in [7, 11) is 0. The van der Waals surface area contributed by atoms with Crippen LogP contribution in [0.1, 0.15) is 41.5 Å². The molecule has 0 aliphatic rings. The van der Waals surface area contributed by atoms with Crippen LogP contribution in [0.5, 0.6) is 0 Å². The van der Waals surface area contributed by atoms with E-state index in [-0.39, 0.29) is 0 Å². The maximum atomic E-state index is 4.13. The topological polar surface area (TPSA) is 12.4 Å².